The van der Waals surface area contributed by atoms with E-state index in [4.69, 9.17) is 9.57 Å². The van der Waals surface area contributed by atoms with E-state index in [-0.39, 0.29) is 13.2 Å². The molecular weight excluding hydrogens is 356 g/mol. The number of amides is 1. The Labute approximate surface area is 154 Å². The van der Waals surface area contributed by atoms with Gasteiger partial charge in [-0.25, -0.2) is 9.59 Å². The molecule has 1 atom stereocenters. The van der Waals surface area contributed by atoms with Gasteiger partial charge in [-0.15, -0.1) is 11.3 Å². The number of oxime groups is 1. The summed E-state index contributed by atoms with van der Waals surface area (Å²) in [6.45, 7) is 1.74. The van der Waals surface area contributed by atoms with Crippen LogP contribution in [0.25, 0.3) is 0 Å². The minimum atomic E-state index is -1.41. The molecule has 1 N–H and O–H groups in total. The van der Waals surface area contributed by atoms with Crippen LogP contribution < -0.4 is 0 Å². The zero-order valence-electron chi connectivity index (χ0n) is 14.3. The lowest BCUT2D eigenvalue weighted by atomic mass is 9.88. The molecule has 0 bridgehead atoms. The number of carboxylic acid groups (broad SMARTS) is 1. The molecule has 7 nitrogen and oxygen atoms in total. The fraction of sp³-hybridized carbons (Fsp3) is 0.278. The van der Waals surface area contributed by atoms with Crippen molar-refractivity contribution in [2.75, 3.05) is 13.7 Å². The number of carbonyl (C=O) groups is 2. The zero-order valence-corrected chi connectivity index (χ0v) is 15.2. The van der Waals surface area contributed by atoms with Crippen LogP contribution in [0, 0.1) is 0 Å². The van der Waals surface area contributed by atoms with Crippen molar-refractivity contribution >= 4 is 29.1 Å². The molecule has 0 saturated heterocycles. The van der Waals surface area contributed by atoms with Crippen molar-refractivity contribution in [3.05, 3.63) is 57.8 Å². The summed E-state index contributed by atoms with van der Waals surface area (Å²) in [7, 11) is 1.24. The second kappa shape index (κ2) is 7.17. The molecule has 0 fully saturated rings. The summed E-state index contributed by atoms with van der Waals surface area (Å²) in [5.74, 6) is -0.632. The maximum atomic E-state index is 12.4. The molecule has 8 heteroatoms. The van der Waals surface area contributed by atoms with Crippen LogP contribution in [0.5, 0.6) is 0 Å². The van der Waals surface area contributed by atoms with Crippen LogP contribution in [0.4, 0.5) is 4.79 Å². The average Bonchev–Trinajstić information content (AvgIpc) is 3.14. The van der Waals surface area contributed by atoms with Gasteiger partial charge in [-0.3, -0.25) is 4.90 Å². The summed E-state index contributed by atoms with van der Waals surface area (Å²) < 4.78 is 4.87. The standard InChI is InChI=1S/C18H18N2O5S/c1-18(16(21)24-2)15-13(8-9-26-15)14(10-20(18)17(22)23)19-25-11-12-6-4-3-5-7-12/h3-9H,10-11H2,1-2H3,(H,22,23). The van der Waals surface area contributed by atoms with E-state index in [0.29, 0.717) is 16.2 Å². The molecule has 0 aliphatic carbocycles. The first-order valence-corrected chi connectivity index (χ1v) is 8.76. The van der Waals surface area contributed by atoms with Crippen LogP contribution >= 0.6 is 11.3 Å². The van der Waals surface area contributed by atoms with Crippen molar-refractivity contribution in [2.45, 2.75) is 19.1 Å². The van der Waals surface area contributed by atoms with E-state index in [9.17, 15) is 14.7 Å². The predicted molar refractivity (Wildman–Crippen MR) is 96.2 cm³/mol. The molecule has 1 unspecified atom stereocenters. The summed E-state index contributed by atoms with van der Waals surface area (Å²) in [5, 5.41) is 15.6. The van der Waals surface area contributed by atoms with E-state index in [1.165, 1.54) is 18.4 Å². The molecule has 3 rings (SSSR count). The van der Waals surface area contributed by atoms with Gasteiger partial charge in [0.25, 0.3) is 0 Å². The molecule has 0 saturated carbocycles. The smallest absolute Gasteiger partial charge is 0.408 e. The number of methoxy groups -OCH3 is 1. The maximum Gasteiger partial charge on any atom is 0.408 e. The number of ether oxygens (including phenoxy) is 1. The van der Waals surface area contributed by atoms with Crippen LogP contribution in [0.15, 0.2) is 46.9 Å². The van der Waals surface area contributed by atoms with Crippen LogP contribution in [0.2, 0.25) is 0 Å². The Morgan fingerprint density at radius 2 is 2.04 bits per heavy atom. The Morgan fingerprint density at radius 1 is 1.31 bits per heavy atom. The number of carbonyl (C=O) groups excluding carboxylic acids is 1. The van der Waals surface area contributed by atoms with Gasteiger partial charge >= 0.3 is 12.1 Å². The number of thiophene rings is 1. The first-order chi connectivity index (χ1) is 12.5. The Hall–Kier alpha value is -2.87. The highest BCUT2D eigenvalue weighted by Gasteiger charge is 2.51. The number of nitrogens with zero attached hydrogens (tertiary/aromatic N) is 2. The van der Waals surface area contributed by atoms with Gasteiger partial charge in [0.2, 0.25) is 0 Å². The first kappa shape index (κ1) is 17.9. The number of hydrogen-bond donors (Lipinski definition) is 1. The van der Waals surface area contributed by atoms with E-state index >= 15 is 0 Å². The van der Waals surface area contributed by atoms with Crippen molar-refractivity contribution in [1.29, 1.82) is 0 Å². The van der Waals surface area contributed by atoms with E-state index < -0.39 is 17.6 Å². The predicted octanol–water partition coefficient (Wildman–Crippen LogP) is 3.05. The number of rotatable bonds is 4. The Balaban J connectivity index is 1.93. The lowest BCUT2D eigenvalue weighted by Gasteiger charge is -2.40. The van der Waals surface area contributed by atoms with Crippen molar-refractivity contribution in [2.24, 2.45) is 5.16 Å². The van der Waals surface area contributed by atoms with Crippen LogP contribution in [0.1, 0.15) is 22.9 Å². The fourth-order valence-corrected chi connectivity index (χ4v) is 4.00. The Kier molecular flexibility index (Phi) is 4.94. The van der Waals surface area contributed by atoms with Crippen molar-refractivity contribution in [3.63, 3.8) is 0 Å². The van der Waals surface area contributed by atoms with E-state index in [0.717, 1.165) is 10.5 Å². The Morgan fingerprint density at radius 3 is 2.69 bits per heavy atom. The molecule has 1 aliphatic heterocycles. The molecular formula is C18H18N2O5S. The number of esters is 1. The monoisotopic (exact) mass is 374 g/mol. The molecule has 0 radical (unpaired) electrons. The van der Waals surface area contributed by atoms with E-state index in [1.54, 1.807) is 12.3 Å². The van der Waals surface area contributed by atoms with Gasteiger partial charge in [-0.05, 0) is 23.9 Å². The second-order valence-corrected chi connectivity index (χ2v) is 6.81. The quantitative estimate of drug-likeness (QED) is 0.656. The zero-order chi connectivity index (χ0) is 18.7. The molecule has 0 spiro atoms. The molecule has 1 amide bonds. The van der Waals surface area contributed by atoms with Crippen LogP contribution in [-0.4, -0.2) is 41.4 Å². The highest BCUT2D eigenvalue weighted by molar-refractivity contribution is 7.10. The van der Waals surface area contributed by atoms with E-state index in [2.05, 4.69) is 5.16 Å². The SMILES string of the molecule is COC(=O)C1(C)c2sccc2C(=NOCc2ccccc2)CN1C(=O)O. The summed E-state index contributed by atoms with van der Waals surface area (Å²) in [6, 6.07) is 11.3. The first-order valence-electron chi connectivity index (χ1n) is 7.88. The van der Waals surface area contributed by atoms with Gasteiger partial charge in [0.05, 0.1) is 18.5 Å². The van der Waals surface area contributed by atoms with Gasteiger partial charge in [-0.2, -0.15) is 0 Å². The van der Waals surface area contributed by atoms with Crippen LogP contribution in [0.3, 0.4) is 0 Å². The summed E-state index contributed by atoms with van der Waals surface area (Å²) in [5.41, 5.74) is 0.699. The lowest BCUT2D eigenvalue weighted by molar-refractivity contribution is -0.153. The summed E-state index contributed by atoms with van der Waals surface area (Å²) in [6.07, 6.45) is -1.23. The maximum absolute atomic E-state index is 12.4. The third-order valence-corrected chi connectivity index (χ3v) is 5.45. The van der Waals surface area contributed by atoms with Gasteiger partial charge in [-0.1, -0.05) is 35.5 Å². The van der Waals surface area contributed by atoms with Gasteiger partial charge < -0.3 is 14.7 Å². The highest BCUT2D eigenvalue weighted by Crippen LogP contribution is 2.40. The molecule has 2 heterocycles. The topological polar surface area (TPSA) is 88.4 Å². The largest absolute Gasteiger partial charge is 0.467 e. The van der Waals surface area contributed by atoms with Crippen molar-refractivity contribution < 1.29 is 24.3 Å². The normalized spacial score (nSPS) is 20.5. The van der Waals surface area contributed by atoms with Gasteiger partial charge in [0.1, 0.15) is 12.3 Å². The number of benzene rings is 1. The van der Waals surface area contributed by atoms with E-state index in [1.807, 2.05) is 36.4 Å². The molecule has 26 heavy (non-hydrogen) atoms. The Bertz CT molecular complexity index is 848. The minimum absolute atomic E-state index is 0.0700. The summed E-state index contributed by atoms with van der Waals surface area (Å²) >= 11 is 1.29. The van der Waals surface area contributed by atoms with Gasteiger partial charge in [0, 0.05) is 5.56 Å². The van der Waals surface area contributed by atoms with Crippen molar-refractivity contribution in [1.82, 2.24) is 4.90 Å². The summed E-state index contributed by atoms with van der Waals surface area (Å²) in [4.78, 5) is 31.2. The van der Waals surface area contributed by atoms with Crippen molar-refractivity contribution in [3.8, 4) is 0 Å². The molecule has 1 aliphatic rings. The third-order valence-electron chi connectivity index (χ3n) is 4.33. The molecule has 136 valence electrons. The average molecular weight is 374 g/mol. The molecule has 1 aromatic carbocycles. The number of fused-ring (bicyclic) bond motifs is 1. The lowest BCUT2D eigenvalue weighted by Crippen LogP contribution is -2.57. The molecule has 1 aromatic heterocycles. The number of hydrogen-bond acceptors (Lipinski definition) is 6. The fourth-order valence-electron chi connectivity index (χ4n) is 2.93. The second-order valence-electron chi connectivity index (χ2n) is 5.89. The minimum Gasteiger partial charge on any atom is -0.467 e. The van der Waals surface area contributed by atoms with Crippen LogP contribution in [-0.2, 0) is 26.5 Å². The molecule has 2 aromatic rings. The third kappa shape index (κ3) is 3.03. The van der Waals surface area contributed by atoms with Gasteiger partial charge in [0.15, 0.2) is 5.54 Å². The highest BCUT2D eigenvalue weighted by atomic mass is 32.1.